The van der Waals surface area contributed by atoms with Crippen LogP contribution in [0.1, 0.15) is 5.56 Å². The van der Waals surface area contributed by atoms with Gasteiger partial charge in [0, 0.05) is 16.0 Å². The highest BCUT2D eigenvalue weighted by Crippen LogP contribution is 2.20. The van der Waals surface area contributed by atoms with E-state index < -0.39 is 6.09 Å². The van der Waals surface area contributed by atoms with Crippen LogP contribution in [-0.2, 0) is 6.54 Å². The molecule has 70 valence electrons. The van der Waals surface area contributed by atoms with E-state index in [1.807, 2.05) is 0 Å². The van der Waals surface area contributed by atoms with Crippen molar-refractivity contribution in [2.45, 2.75) is 6.54 Å². The summed E-state index contributed by atoms with van der Waals surface area (Å²) < 4.78 is 0.839. The minimum absolute atomic E-state index is 0.247. The van der Waals surface area contributed by atoms with Crippen LogP contribution in [0.2, 0.25) is 5.02 Å². The summed E-state index contributed by atoms with van der Waals surface area (Å²) in [7, 11) is 0. The van der Waals surface area contributed by atoms with Gasteiger partial charge in [-0.3, -0.25) is 0 Å². The van der Waals surface area contributed by atoms with E-state index in [1.165, 1.54) is 0 Å². The van der Waals surface area contributed by atoms with Crippen LogP contribution in [0, 0.1) is 0 Å². The second-order valence-electron chi connectivity index (χ2n) is 2.39. The highest BCUT2D eigenvalue weighted by molar-refractivity contribution is 9.10. The van der Waals surface area contributed by atoms with Gasteiger partial charge in [0.15, 0.2) is 0 Å². The molecule has 1 aromatic rings. The van der Waals surface area contributed by atoms with Crippen molar-refractivity contribution in [1.82, 2.24) is 5.32 Å². The van der Waals surface area contributed by atoms with E-state index in [2.05, 4.69) is 21.2 Å². The molecule has 0 bridgehead atoms. The maximum absolute atomic E-state index is 10.2. The molecule has 0 aromatic heterocycles. The highest BCUT2D eigenvalue weighted by atomic mass is 79.9. The summed E-state index contributed by atoms with van der Waals surface area (Å²) in [6.45, 7) is 0.247. The molecular weight excluding hydrogens is 257 g/mol. The molecule has 0 aliphatic rings. The normalized spacial score (nSPS) is 9.69. The number of benzene rings is 1. The molecule has 0 heterocycles. The van der Waals surface area contributed by atoms with Crippen molar-refractivity contribution in [2.75, 3.05) is 0 Å². The first-order chi connectivity index (χ1) is 6.09. The first-order valence-corrected chi connectivity index (χ1v) is 4.67. The minimum Gasteiger partial charge on any atom is -0.465 e. The lowest BCUT2D eigenvalue weighted by atomic mass is 10.2. The molecule has 2 N–H and O–H groups in total. The Morgan fingerprint density at radius 1 is 1.62 bits per heavy atom. The molecule has 0 radical (unpaired) electrons. The fourth-order valence-electron chi connectivity index (χ4n) is 0.850. The Bertz CT molecular complexity index is 330. The molecule has 0 saturated carbocycles. The Morgan fingerprint density at radius 2 is 2.31 bits per heavy atom. The van der Waals surface area contributed by atoms with Crippen molar-refractivity contribution >= 4 is 33.6 Å². The van der Waals surface area contributed by atoms with Crippen molar-refractivity contribution in [2.24, 2.45) is 0 Å². The lowest BCUT2D eigenvalue weighted by Gasteiger charge is -2.04. The van der Waals surface area contributed by atoms with E-state index in [4.69, 9.17) is 16.7 Å². The summed E-state index contributed by atoms with van der Waals surface area (Å²) in [4.78, 5) is 10.2. The minimum atomic E-state index is -1.05. The number of hydrogen-bond donors (Lipinski definition) is 2. The Labute approximate surface area is 88.8 Å². The molecular formula is C8H7BrClNO2. The second kappa shape index (κ2) is 4.48. The number of carboxylic acid groups (broad SMARTS) is 1. The predicted octanol–water partition coefficient (Wildman–Crippen LogP) is 2.87. The van der Waals surface area contributed by atoms with Gasteiger partial charge in [0.1, 0.15) is 0 Å². The van der Waals surface area contributed by atoms with Gasteiger partial charge in [-0.2, -0.15) is 0 Å². The smallest absolute Gasteiger partial charge is 0.404 e. The van der Waals surface area contributed by atoms with Gasteiger partial charge >= 0.3 is 6.09 Å². The largest absolute Gasteiger partial charge is 0.465 e. The number of carbonyl (C=O) groups is 1. The fraction of sp³-hybridized carbons (Fsp3) is 0.125. The predicted molar refractivity (Wildman–Crippen MR) is 54.0 cm³/mol. The van der Waals surface area contributed by atoms with E-state index in [0.29, 0.717) is 5.02 Å². The monoisotopic (exact) mass is 263 g/mol. The van der Waals surface area contributed by atoms with Gasteiger partial charge < -0.3 is 10.4 Å². The van der Waals surface area contributed by atoms with Crippen LogP contribution in [0.3, 0.4) is 0 Å². The van der Waals surface area contributed by atoms with Crippen molar-refractivity contribution in [3.05, 3.63) is 33.3 Å². The van der Waals surface area contributed by atoms with Gasteiger partial charge in [-0.15, -0.1) is 0 Å². The molecule has 1 aromatic carbocycles. The van der Waals surface area contributed by atoms with Crippen LogP contribution in [0.5, 0.6) is 0 Å². The van der Waals surface area contributed by atoms with Crippen LogP contribution in [0.25, 0.3) is 0 Å². The van der Waals surface area contributed by atoms with Crippen LogP contribution >= 0.6 is 27.5 Å². The Kier molecular flexibility index (Phi) is 3.57. The standard InChI is InChI=1S/C8H7BrClNO2/c9-7-2-1-6(10)3-5(7)4-11-8(12)13/h1-3,11H,4H2,(H,12,13). The molecule has 5 heteroatoms. The lowest BCUT2D eigenvalue weighted by molar-refractivity contribution is 0.194. The van der Waals surface area contributed by atoms with Gasteiger partial charge in [0.2, 0.25) is 0 Å². The van der Waals surface area contributed by atoms with E-state index in [9.17, 15) is 4.79 Å². The number of hydrogen-bond acceptors (Lipinski definition) is 1. The number of halogens is 2. The van der Waals surface area contributed by atoms with Gasteiger partial charge in [-0.25, -0.2) is 4.79 Å². The van der Waals surface area contributed by atoms with Crippen molar-refractivity contribution in [1.29, 1.82) is 0 Å². The lowest BCUT2D eigenvalue weighted by Crippen LogP contribution is -2.20. The second-order valence-corrected chi connectivity index (χ2v) is 3.69. The number of nitrogens with one attached hydrogen (secondary N) is 1. The maximum atomic E-state index is 10.2. The van der Waals surface area contributed by atoms with E-state index in [0.717, 1.165) is 10.0 Å². The van der Waals surface area contributed by atoms with E-state index in [1.54, 1.807) is 18.2 Å². The Balaban J connectivity index is 2.75. The summed E-state index contributed by atoms with van der Waals surface area (Å²) in [5, 5.41) is 11.2. The third-order valence-corrected chi connectivity index (χ3v) is 2.45. The SMILES string of the molecule is O=C(O)NCc1cc(Cl)ccc1Br. The van der Waals surface area contributed by atoms with Crippen molar-refractivity contribution in [3.63, 3.8) is 0 Å². The van der Waals surface area contributed by atoms with E-state index in [-0.39, 0.29) is 6.54 Å². The maximum Gasteiger partial charge on any atom is 0.404 e. The molecule has 0 aliphatic heterocycles. The number of rotatable bonds is 2. The zero-order valence-corrected chi connectivity index (χ0v) is 8.89. The van der Waals surface area contributed by atoms with Crippen LogP contribution < -0.4 is 5.32 Å². The summed E-state index contributed by atoms with van der Waals surface area (Å²) in [5.41, 5.74) is 0.815. The average Bonchev–Trinajstić information content (AvgIpc) is 2.06. The molecule has 1 amide bonds. The fourth-order valence-corrected chi connectivity index (χ4v) is 1.43. The zero-order valence-electron chi connectivity index (χ0n) is 6.55. The van der Waals surface area contributed by atoms with Gasteiger partial charge in [0.05, 0.1) is 0 Å². The van der Waals surface area contributed by atoms with Crippen LogP contribution in [-0.4, -0.2) is 11.2 Å². The molecule has 1 rings (SSSR count). The van der Waals surface area contributed by atoms with Gasteiger partial charge in [-0.1, -0.05) is 27.5 Å². The first kappa shape index (κ1) is 10.3. The van der Waals surface area contributed by atoms with Crippen molar-refractivity contribution < 1.29 is 9.90 Å². The van der Waals surface area contributed by atoms with Gasteiger partial charge in [-0.05, 0) is 23.8 Å². The zero-order chi connectivity index (χ0) is 9.84. The summed E-state index contributed by atoms with van der Waals surface area (Å²) in [5.74, 6) is 0. The molecule has 0 saturated heterocycles. The van der Waals surface area contributed by atoms with Gasteiger partial charge in [0.25, 0.3) is 0 Å². The quantitative estimate of drug-likeness (QED) is 0.863. The Hall–Kier alpha value is -0.740. The third kappa shape index (κ3) is 3.24. The molecule has 13 heavy (non-hydrogen) atoms. The van der Waals surface area contributed by atoms with E-state index >= 15 is 0 Å². The average molecular weight is 265 g/mol. The highest BCUT2D eigenvalue weighted by Gasteiger charge is 2.02. The molecule has 3 nitrogen and oxygen atoms in total. The van der Waals surface area contributed by atoms with Crippen LogP contribution in [0.15, 0.2) is 22.7 Å². The molecule has 0 unspecified atom stereocenters. The summed E-state index contributed by atoms with van der Waals surface area (Å²) in [6, 6.07) is 5.22. The molecule has 0 aliphatic carbocycles. The summed E-state index contributed by atoms with van der Waals surface area (Å²) >= 11 is 9.03. The number of amides is 1. The molecule has 0 atom stereocenters. The molecule has 0 spiro atoms. The first-order valence-electron chi connectivity index (χ1n) is 3.50. The van der Waals surface area contributed by atoms with Crippen LogP contribution in [0.4, 0.5) is 4.79 Å². The Morgan fingerprint density at radius 3 is 2.92 bits per heavy atom. The third-order valence-electron chi connectivity index (χ3n) is 1.44. The topological polar surface area (TPSA) is 49.3 Å². The molecule has 0 fully saturated rings. The van der Waals surface area contributed by atoms with Crippen molar-refractivity contribution in [3.8, 4) is 0 Å². The summed E-state index contributed by atoms with van der Waals surface area (Å²) in [6.07, 6.45) is -1.05.